The summed E-state index contributed by atoms with van der Waals surface area (Å²) in [4.78, 5) is 34.3. The fraction of sp³-hybridized carbons (Fsp3) is 0.290. The summed E-state index contributed by atoms with van der Waals surface area (Å²) in [5.74, 6) is 1.04. The third-order valence-corrected chi connectivity index (χ3v) is 7.85. The molecule has 3 aromatic carbocycles. The van der Waals surface area contributed by atoms with Crippen molar-refractivity contribution in [3.8, 4) is 11.5 Å². The molecule has 1 aromatic heterocycles. The van der Waals surface area contributed by atoms with Gasteiger partial charge in [0.1, 0.15) is 6.54 Å². The first-order chi connectivity index (χ1) is 19.0. The van der Waals surface area contributed by atoms with E-state index in [9.17, 15) is 9.59 Å². The van der Waals surface area contributed by atoms with Gasteiger partial charge in [-0.1, -0.05) is 36.4 Å². The highest BCUT2D eigenvalue weighted by Gasteiger charge is 2.35. The largest absolute Gasteiger partial charge is 0.493 e. The lowest BCUT2D eigenvalue weighted by Crippen LogP contribution is -2.44. The molecule has 202 valence electrons. The number of aromatic nitrogens is 1. The van der Waals surface area contributed by atoms with Gasteiger partial charge < -0.3 is 24.3 Å². The number of ether oxygens (including phenoxy) is 2. The van der Waals surface area contributed by atoms with E-state index in [2.05, 4.69) is 27.0 Å². The molecule has 0 bridgehead atoms. The number of rotatable bonds is 11. The van der Waals surface area contributed by atoms with Crippen molar-refractivity contribution >= 4 is 38.6 Å². The molecule has 8 heteroatoms. The Morgan fingerprint density at radius 3 is 2.46 bits per heavy atom. The zero-order valence-corrected chi connectivity index (χ0v) is 23.7. The summed E-state index contributed by atoms with van der Waals surface area (Å²) >= 11 is 3.50. The van der Waals surface area contributed by atoms with Crippen LogP contribution in [0.25, 0.3) is 10.9 Å². The highest BCUT2D eigenvalue weighted by atomic mass is 79.9. The topological polar surface area (TPSA) is 74.9 Å². The van der Waals surface area contributed by atoms with Crippen LogP contribution in [0.1, 0.15) is 34.3 Å². The van der Waals surface area contributed by atoms with Crippen molar-refractivity contribution in [3.63, 3.8) is 0 Å². The van der Waals surface area contributed by atoms with Crippen LogP contribution in [0.3, 0.4) is 0 Å². The summed E-state index contributed by atoms with van der Waals surface area (Å²) in [5, 5.41) is 1.15. The maximum absolute atomic E-state index is 13.9. The SMILES string of the molecule is COc1ccc(CN(CCc2c[nH]c3ccccc23)C(=O)CN(C(=O)c2ccccc2Br)C2CC2)cc1OC. The van der Waals surface area contributed by atoms with Gasteiger partial charge in [-0.2, -0.15) is 0 Å². The van der Waals surface area contributed by atoms with Gasteiger partial charge in [0.2, 0.25) is 5.91 Å². The quantitative estimate of drug-likeness (QED) is 0.239. The number of methoxy groups -OCH3 is 2. The van der Waals surface area contributed by atoms with Crippen LogP contribution in [-0.4, -0.2) is 59.9 Å². The van der Waals surface area contributed by atoms with Crippen molar-refractivity contribution in [2.75, 3.05) is 27.3 Å². The number of halogens is 1. The Kier molecular flexibility index (Phi) is 8.21. The van der Waals surface area contributed by atoms with Gasteiger partial charge in [-0.3, -0.25) is 9.59 Å². The molecule has 1 aliphatic carbocycles. The third kappa shape index (κ3) is 6.11. The van der Waals surface area contributed by atoms with Gasteiger partial charge in [0, 0.05) is 40.7 Å². The van der Waals surface area contributed by atoms with Crippen molar-refractivity contribution in [1.29, 1.82) is 0 Å². The number of nitrogens with zero attached hydrogens (tertiary/aromatic N) is 2. The van der Waals surface area contributed by atoms with Crippen LogP contribution >= 0.6 is 15.9 Å². The fourth-order valence-corrected chi connectivity index (χ4v) is 5.33. The van der Waals surface area contributed by atoms with Crippen LogP contribution in [0, 0.1) is 0 Å². The molecule has 1 N–H and O–H groups in total. The summed E-state index contributed by atoms with van der Waals surface area (Å²) in [6, 6.07) is 21.3. The molecule has 7 nitrogen and oxygen atoms in total. The van der Waals surface area contributed by atoms with Crippen molar-refractivity contribution in [2.24, 2.45) is 0 Å². The predicted molar refractivity (Wildman–Crippen MR) is 155 cm³/mol. The van der Waals surface area contributed by atoms with Crippen molar-refractivity contribution < 1.29 is 19.1 Å². The Morgan fingerprint density at radius 1 is 0.974 bits per heavy atom. The molecule has 2 amide bonds. The van der Waals surface area contributed by atoms with E-state index in [0.29, 0.717) is 36.6 Å². The molecule has 0 radical (unpaired) electrons. The Hall–Kier alpha value is -3.78. The molecule has 39 heavy (non-hydrogen) atoms. The summed E-state index contributed by atoms with van der Waals surface area (Å²) in [5.41, 5.74) is 3.72. The van der Waals surface area contributed by atoms with E-state index in [0.717, 1.165) is 39.3 Å². The second-order valence-electron chi connectivity index (χ2n) is 9.76. The minimum absolute atomic E-state index is 0.0337. The molecule has 0 atom stereocenters. The molecule has 1 aliphatic rings. The van der Waals surface area contributed by atoms with E-state index in [1.807, 2.05) is 65.7 Å². The molecule has 5 rings (SSSR count). The first kappa shape index (κ1) is 26.8. The summed E-state index contributed by atoms with van der Waals surface area (Å²) in [7, 11) is 3.20. The number of carbonyl (C=O) groups is 2. The van der Waals surface area contributed by atoms with Gasteiger partial charge in [-0.05, 0) is 76.7 Å². The zero-order valence-electron chi connectivity index (χ0n) is 22.2. The van der Waals surface area contributed by atoms with Crippen LogP contribution in [0.2, 0.25) is 0 Å². The van der Waals surface area contributed by atoms with Gasteiger partial charge in [0.15, 0.2) is 11.5 Å². The van der Waals surface area contributed by atoms with Crippen LogP contribution in [0.4, 0.5) is 0 Å². The number of carbonyl (C=O) groups excluding carboxylic acids is 2. The number of hydrogen-bond donors (Lipinski definition) is 1. The number of amides is 2. The standard InChI is InChI=1S/C31H32BrN3O4/c1-38-28-14-11-21(17-29(28)39-2)19-34(16-15-22-18-33-27-10-6-4-7-24(22)27)30(36)20-35(23-12-13-23)31(37)25-8-3-5-9-26(25)32/h3-11,14,17-18,23,33H,12-13,15-16,19-20H2,1-2H3. The second kappa shape index (κ2) is 11.9. The highest BCUT2D eigenvalue weighted by molar-refractivity contribution is 9.10. The molecule has 0 aliphatic heterocycles. The van der Waals surface area contributed by atoms with Gasteiger partial charge in [-0.15, -0.1) is 0 Å². The van der Waals surface area contributed by atoms with E-state index < -0.39 is 0 Å². The number of aromatic amines is 1. The Labute approximate surface area is 236 Å². The molecule has 0 saturated heterocycles. The van der Waals surface area contributed by atoms with Crippen LogP contribution < -0.4 is 9.47 Å². The van der Waals surface area contributed by atoms with Gasteiger partial charge in [-0.25, -0.2) is 0 Å². The van der Waals surface area contributed by atoms with Crippen LogP contribution in [0.15, 0.2) is 77.4 Å². The number of H-pyrrole nitrogens is 1. The van der Waals surface area contributed by atoms with Gasteiger partial charge in [0.25, 0.3) is 5.91 Å². The summed E-state index contributed by atoms with van der Waals surface area (Å²) in [6.07, 6.45) is 4.52. The van der Waals surface area contributed by atoms with Crippen molar-refractivity contribution in [3.05, 3.63) is 94.1 Å². The van der Waals surface area contributed by atoms with Crippen LogP contribution in [0.5, 0.6) is 11.5 Å². The molecule has 1 fully saturated rings. The maximum Gasteiger partial charge on any atom is 0.255 e. The van der Waals surface area contributed by atoms with E-state index in [1.54, 1.807) is 25.2 Å². The average molecular weight is 591 g/mol. The minimum atomic E-state index is -0.124. The number of para-hydroxylation sites is 1. The van der Waals surface area contributed by atoms with Crippen molar-refractivity contribution in [1.82, 2.24) is 14.8 Å². The first-order valence-electron chi connectivity index (χ1n) is 13.1. The third-order valence-electron chi connectivity index (χ3n) is 7.16. The average Bonchev–Trinajstić information content (AvgIpc) is 3.72. The van der Waals surface area contributed by atoms with Crippen LogP contribution in [-0.2, 0) is 17.8 Å². The Bertz CT molecular complexity index is 1480. The number of nitrogens with one attached hydrogen (secondary N) is 1. The summed E-state index contributed by atoms with van der Waals surface area (Å²) in [6.45, 7) is 0.937. The molecular formula is C31H32BrN3O4. The van der Waals surface area contributed by atoms with E-state index in [1.165, 1.54) is 0 Å². The smallest absolute Gasteiger partial charge is 0.255 e. The van der Waals surface area contributed by atoms with E-state index >= 15 is 0 Å². The lowest BCUT2D eigenvalue weighted by atomic mass is 10.1. The molecule has 1 heterocycles. The normalized spacial score (nSPS) is 12.8. The molecular weight excluding hydrogens is 558 g/mol. The number of benzene rings is 3. The first-order valence-corrected chi connectivity index (χ1v) is 13.9. The van der Waals surface area contributed by atoms with Crippen molar-refractivity contribution in [2.45, 2.75) is 31.8 Å². The maximum atomic E-state index is 13.9. The zero-order chi connectivity index (χ0) is 27.4. The molecule has 4 aromatic rings. The lowest BCUT2D eigenvalue weighted by molar-refractivity contribution is -0.132. The van der Waals surface area contributed by atoms with E-state index in [4.69, 9.17) is 9.47 Å². The Balaban J connectivity index is 1.39. The lowest BCUT2D eigenvalue weighted by Gasteiger charge is -2.28. The van der Waals surface area contributed by atoms with Gasteiger partial charge in [0.05, 0.1) is 19.8 Å². The molecule has 1 saturated carbocycles. The highest BCUT2D eigenvalue weighted by Crippen LogP contribution is 2.31. The molecule has 0 spiro atoms. The summed E-state index contributed by atoms with van der Waals surface area (Å²) < 4.78 is 11.6. The minimum Gasteiger partial charge on any atom is -0.493 e. The molecule has 0 unspecified atom stereocenters. The van der Waals surface area contributed by atoms with E-state index in [-0.39, 0.29) is 24.4 Å². The monoisotopic (exact) mass is 589 g/mol. The second-order valence-corrected chi connectivity index (χ2v) is 10.6. The Morgan fingerprint density at radius 2 is 1.72 bits per heavy atom. The number of hydrogen-bond acceptors (Lipinski definition) is 4. The number of fused-ring (bicyclic) bond motifs is 1. The fourth-order valence-electron chi connectivity index (χ4n) is 4.87. The predicted octanol–water partition coefficient (Wildman–Crippen LogP) is 5.82. The van der Waals surface area contributed by atoms with Gasteiger partial charge >= 0.3 is 0 Å².